The molecule has 1 aliphatic carbocycles. The van der Waals surface area contributed by atoms with Crippen molar-refractivity contribution in [3.8, 4) is 11.1 Å². The van der Waals surface area contributed by atoms with E-state index >= 15 is 0 Å². The second kappa shape index (κ2) is 12.6. The summed E-state index contributed by atoms with van der Waals surface area (Å²) in [5, 5.41) is 5.62. The van der Waals surface area contributed by atoms with Gasteiger partial charge in [0, 0.05) is 43.1 Å². The molecule has 1 aliphatic rings. The van der Waals surface area contributed by atoms with Crippen LogP contribution >= 0.6 is 0 Å². The number of amides is 2. The number of nitrogens with zero attached hydrogens (tertiary/aromatic N) is 3. The lowest BCUT2D eigenvalue weighted by Gasteiger charge is -2.23. The van der Waals surface area contributed by atoms with Gasteiger partial charge in [-0.1, -0.05) is 12.1 Å². The predicted octanol–water partition coefficient (Wildman–Crippen LogP) is 5.69. The largest absolute Gasteiger partial charge is 0.435 e. The van der Waals surface area contributed by atoms with E-state index in [0.717, 1.165) is 18.2 Å². The first-order chi connectivity index (χ1) is 22.0. The van der Waals surface area contributed by atoms with Crippen molar-refractivity contribution < 1.29 is 49.5 Å². The molecule has 246 valence electrons. The molecule has 0 aliphatic heterocycles. The lowest BCUT2D eigenvalue weighted by molar-refractivity contribution is -0.146. The average Bonchev–Trinajstić information content (AvgIpc) is 3.39. The molecule has 0 saturated carbocycles. The number of carbonyl (C=O) groups is 3. The minimum Gasteiger partial charge on any atom is -0.366 e. The Morgan fingerprint density at radius 1 is 1.04 bits per heavy atom. The maximum atomic E-state index is 14.6. The highest BCUT2D eigenvalue weighted by atomic mass is 19.4. The fourth-order valence-corrected chi connectivity index (χ4v) is 5.49. The van der Waals surface area contributed by atoms with E-state index in [9.17, 15) is 49.5 Å². The van der Waals surface area contributed by atoms with Crippen molar-refractivity contribution >= 4 is 17.6 Å². The fourth-order valence-electron chi connectivity index (χ4n) is 5.49. The van der Waals surface area contributed by atoms with Gasteiger partial charge in [0.15, 0.2) is 11.5 Å². The highest BCUT2D eigenvalue weighted by molar-refractivity contribution is 5.98. The van der Waals surface area contributed by atoms with Crippen LogP contribution in [0.5, 0.6) is 0 Å². The quantitative estimate of drug-likeness (QED) is 0.223. The Morgan fingerprint density at radius 3 is 2.40 bits per heavy atom. The SMILES string of the molecule is NC(=O)c1cc(-c2cccnc2[C@@H](CNC(=O)Cn2nc(C(F)(F)F)c3c2C(=O)CCC3(F)F)Cc2cc(F)cc(F)c2)ccc1F. The number of nitrogens with two attached hydrogens (primary N) is 1. The molecule has 4 aromatic rings. The Morgan fingerprint density at radius 2 is 1.74 bits per heavy atom. The number of ketones is 1. The van der Waals surface area contributed by atoms with E-state index in [1.165, 1.54) is 24.4 Å². The number of halogens is 8. The molecule has 16 heteroatoms. The lowest BCUT2D eigenvalue weighted by Crippen LogP contribution is -2.34. The van der Waals surface area contributed by atoms with Crippen LogP contribution < -0.4 is 11.1 Å². The van der Waals surface area contributed by atoms with E-state index in [4.69, 9.17) is 5.73 Å². The van der Waals surface area contributed by atoms with Crippen molar-refractivity contribution in [3.05, 3.63) is 106 Å². The summed E-state index contributed by atoms with van der Waals surface area (Å²) >= 11 is 0. The highest BCUT2D eigenvalue weighted by Crippen LogP contribution is 2.46. The number of carbonyl (C=O) groups excluding carboxylic acids is 3. The molecule has 47 heavy (non-hydrogen) atoms. The molecule has 0 radical (unpaired) electrons. The van der Waals surface area contributed by atoms with Gasteiger partial charge >= 0.3 is 6.18 Å². The molecular formula is C31H23F8N5O3. The second-order valence-corrected chi connectivity index (χ2v) is 10.8. The van der Waals surface area contributed by atoms with Crippen molar-refractivity contribution in [2.45, 2.75) is 43.8 Å². The van der Waals surface area contributed by atoms with E-state index in [1.54, 1.807) is 6.07 Å². The van der Waals surface area contributed by atoms with Crippen LogP contribution in [-0.2, 0) is 29.9 Å². The minimum absolute atomic E-state index is 0.124. The van der Waals surface area contributed by atoms with E-state index in [1.807, 2.05) is 0 Å². The standard InChI is InChI=1S/C31H23F8N5O3/c32-18-9-15(10-19(33)12-18)8-17(26-20(2-1-7-41-26)16-3-4-22(34)21(11-16)29(40)47)13-42-24(46)14-44-27-23(45)5-6-30(35,36)25(27)28(43-44)31(37,38)39/h1-4,7,9-12,17H,5-6,8,13-14H2,(H2,40,47)(H,42,46)/t17-/m1/s1. The van der Waals surface area contributed by atoms with Crippen LogP contribution in [-0.4, -0.2) is 38.9 Å². The molecule has 0 fully saturated rings. The van der Waals surface area contributed by atoms with Crippen LogP contribution in [0.3, 0.4) is 0 Å². The number of pyridine rings is 1. The molecule has 0 bridgehead atoms. The number of rotatable bonds is 9. The van der Waals surface area contributed by atoms with Gasteiger partial charge in [0.05, 0.1) is 16.8 Å². The van der Waals surface area contributed by atoms with Crippen LogP contribution in [0.25, 0.3) is 11.1 Å². The number of aromatic nitrogens is 3. The first kappa shape index (κ1) is 33.2. The maximum Gasteiger partial charge on any atom is 0.435 e. The third-order valence-electron chi connectivity index (χ3n) is 7.53. The van der Waals surface area contributed by atoms with Gasteiger partial charge in [-0.05, 0) is 47.9 Å². The third-order valence-corrected chi connectivity index (χ3v) is 7.53. The summed E-state index contributed by atoms with van der Waals surface area (Å²) < 4.78 is 113. The summed E-state index contributed by atoms with van der Waals surface area (Å²) in [5.74, 6) is -10.8. The molecule has 8 nitrogen and oxygen atoms in total. The molecular weight excluding hydrogens is 642 g/mol. The average molecular weight is 666 g/mol. The van der Waals surface area contributed by atoms with Crippen LogP contribution in [0.2, 0.25) is 0 Å². The van der Waals surface area contributed by atoms with Gasteiger partial charge in [-0.25, -0.2) is 22.0 Å². The number of fused-ring (bicyclic) bond motifs is 1. The third kappa shape index (κ3) is 7.00. The predicted molar refractivity (Wildman–Crippen MR) is 149 cm³/mol. The van der Waals surface area contributed by atoms with Crippen molar-refractivity contribution in [1.82, 2.24) is 20.1 Å². The van der Waals surface area contributed by atoms with E-state index in [-0.39, 0.29) is 34.5 Å². The van der Waals surface area contributed by atoms with E-state index < -0.39 is 95.0 Å². The number of nitrogens with one attached hydrogen (secondary N) is 1. The van der Waals surface area contributed by atoms with Gasteiger partial charge in [0.2, 0.25) is 5.91 Å². The van der Waals surface area contributed by atoms with Crippen LogP contribution in [0.4, 0.5) is 35.1 Å². The number of hydrogen-bond acceptors (Lipinski definition) is 5. The molecule has 2 heterocycles. The summed E-state index contributed by atoms with van der Waals surface area (Å²) in [5.41, 5.74) is 1.17. The summed E-state index contributed by atoms with van der Waals surface area (Å²) in [4.78, 5) is 41.6. The minimum atomic E-state index is -5.34. The molecule has 1 atom stereocenters. The van der Waals surface area contributed by atoms with Gasteiger partial charge in [-0.15, -0.1) is 0 Å². The van der Waals surface area contributed by atoms with Crippen molar-refractivity contribution in [1.29, 1.82) is 0 Å². The summed E-state index contributed by atoms with van der Waals surface area (Å²) in [6.07, 6.45) is -6.06. The van der Waals surface area contributed by atoms with Gasteiger partial charge in [-0.3, -0.25) is 24.0 Å². The number of Topliss-reactive ketones (excluding diaryl/α,β-unsaturated/α-hetero) is 1. The molecule has 5 rings (SSSR count). The molecule has 0 saturated heterocycles. The Labute approximate surface area is 260 Å². The number of alkyl halides is 5. The Balaban J connectivity index is 1.49. The van der Waals surface area contributed by atoms with Gasteiger partial charge in [0.25, 0.3) is 11.8 Å². The smallest absolute Gasteiger partial charge is 0.366 e. The lowest BCUT2D eigenvalue weighted by atomic mass is 9.89. The molecule has 2 aromatic carbocycles. The molecule has 2 aromatic heterocycles. The van der Waals surface area contributed by atoms with Crippen molar-refractivity contribution in [3.63, 3.8) is 0 Å². The fraction of sp³-hybridized carbons (Fsp3) is 0.258. The topological polar surface area (TPSA) is 120 Å². The monoisotopic (exact) mass is 665 g/mol. The highest BCUT2D eigenvalue weighted by Gasteiger charge is 2.52. The summed E-state index contributed by atoms with van der Waals surface area (Å²) in [7, 11) is 0. The number of hydrogen-bond donors (Lipinski definition) is 2. The molecule has 2 amide bonds. The van der Waals surface area contributed by atoms with Crippen LogP contribution in [0.1, 0.15) is 62.1 Å². The zero-order valence-corrected chi connectivity index (χ0v) is 24.0. The van der Waals surface area contributed by atoms with Gasteiger partial charge < -0.3 is 11.1 Å². The molecule has 0 unspecified atom stereocenters. The van der Waals surface area contributed by atoms with Crippen molar-refractivity contribution in [2.24, 2.45) is 5.73 Å². The summed E-state index contributed by atoms with van der Waals surface area (Å²) in [6.45, 7) is -1.42. The second-order valence-electron chi connectivity index (χ2n) is 10.8. The number of benzene rings is 2. The zero-order valence-electron chi connectivity index (χ0n) is 24.0. The first-order valence-electron chi connectivity index (χ1n) is 13.9. The molecule has 0 spiro atoms. The number of primary amides is 1. The van der Waals surface area contributed by atoms with Crippen molar-refractivity contribution in [2.75, 3.05) is 6.54 Å². The summed E-state index contributed by atoms with van der Waals surface area (Å²) in [6, 6.07) is 9.25. The normalized spacial score (nSPS) is 14.9. The van der Waals surface area contributed by atoms with Gasteiger partial charge in [0.1, 0.15) is 29.7 Å². The van der Waals surface area contributed by atoms with E-state index in [2.05, 4.69) is 15.4 Å². The van der Waals surface area contributed by atoms with Crippen LogP contribution in [0.15, 0.2) is 54.7 Å². The Kier molecular flexibility index (Phi) is 8.88. The maximum absolute atomic E-state index is 14.6. The Bertz CT molecular complexity index is 1870. The molecule has 3 N–H and O–H groups in total. The Hall–Kier alpha value is -5.15. The zero-order chi connectivity index (χ0) is 34.3. The van der Waals surface area contributed by atoms with Crippen LogP contribution in [0, 0.1) is 17.5 Å². The van der Waals surface area contributed by atoms with Gasteiger partial charge in [-0.2, -0.15) is 18.3 Å². The van der Waals surface area contributed by atoms with E-state index in [0.29, 0.717) is 11.6 Å². The first-order valence-corrected chi connectivity index (χ1v) is 13.9.